The van der Waals surface area contributed by atoms with Crippen LogP contribution in [0.2, 0.25) is 0 Å². The highest BCUT2D eigenvalue weighted by atomic mass is 127. The molecule has 64 valence electrons. The van der Waals surface area contributed by atoms with Gasteiger partial charge in [-0.15, -0.1) is 0 Å². The van der Waals surface area contributed by atoms with Crippen molar-refractivity contribution in [2.75, 3.05) is 0 Å². The fourth-order valence-corrected chi connectivity index (χ4v) is 1.26. The summed E-state index contributed by atoms with van der Waals surface area (Å²) < 4.78 is 4.85. The maximum atomic E-state index is 10.6. The van der Waals surface area contributed by atoms with Crippen LogP contribution in [-0.2, 0) is 0 Å². The average Bonchev–Trinajstić information content (AvgIpc) is 2.04. The highest BCUT2D eigenvalue weighted by molar-refractivity contribution is 14.1. The van der Waals surface area contributed by atoms with Gasteiger partial charge in [0.2, 0.25) is 0 Å². The highest BCUT2D eigenvalue weighted by Gasteiger charge is 2.10. The van der Waals surface area contributed by atoms with Crippen molar-refractivity contribution < 1.29 is 13.0 Å². The number of benzene rings is 1. The average molecular weight is 278 g/mol. The number of rotatable bonds is 2. The molecule has 0 unspecified atom stereocenters. The minimum absolute atomic E-state index is 0.199. The van der Waals surface area contributed by atoms with E-state index in [1.807, 2.05) is 6.92 Å². The molecule has 0 bridgehead atoms. The van der Waals surface area contributed by atoms with Crippen molar-refractivity contribution in [3.8, 4) is 5.75 Å². The third kappa shape index (κ3) is 1.88. The molecule has 0 aliphatic rings. The zero-order valence-electron chi connectivity index (χ0n) is 6.37. The first-order chi connectivity index (χ1) is 5.65. The summed E-state index contributed by atoms with van der Waals surface area (Å²) in [6, 6.07) is 5.03. The third-order valence-corrected chi connectivity index (χ3v) is 1.92. The molecule has 0 atom stereocenters. The van der Waals surface area contributed by atoms with Crippen LogP contribution >= 0.6 is 23.0 Å². The van der Waals surface area contributed by atoms with Crippen LogP contribution in [0.15, 0.2) is 18.2 Å². The normalized spacial score (nSPS) is 9.50. The van der Waals surface area contributed by atoms with E-state index < -0.39 is 5.97 Å². The van der Waals surface area contributed by atoms with E-state index in [0.29, 0.717) is 5.75 Å². The van der Waals surface area contributed by atoms with Crippen molar-refractivity contribution in [1.82, 2.24) is 0 Å². The van der Waals surface area contributed by atoms with Crippen LogP contribution in [0.4, 0.5) is 0 Å². The van der Waals surface area contributed by atoms with Crippen LogP contribution in [-0.4, -0.2) is 11.1 Å². The van der Waals surface area contributed by atoms with E-state index in [9.17, 15) is 4.79 Å². The largest absolute Gasteiger partial charge is 0.478 e. The van der Waals surface area contributed by atoms with Crippen molar-refractivity contribution in [3.63, 3.8) is 0 Å². The predicted octanol–water partition coefficient (Wildman–Crippen LogP) is 2.42. The Morgan fingerprint density at radius 3 is 2.75 bits per heavy atom. The summed E-state index contributed by atoms with van der Waals surface area (Å²) in [4.78, 5) is 10.6. The fourth-order valence-electron chi connectivity index (χ4n) is 0.878. The van der Waals surface area contributed by atoms with E-state index in [1.165, 1.54) is 0 Å². The molecule has 1 aromatic carbocycles. The molecular formula is C8H7IO3. The molecule has 0 saturated heterocycles. The Morgan fingerprint density at radius 1 is 1.58 bits per heavy atom. The van der Waals surface area contributed by atoms with Gasteiger partial charge in [0, 0.05) is 0 Å². The molecule has 0 saturated carbocycles. The number of carbonyl (C=O) groups is 1. The highest BCUT2D eigenvalue weighted by Crippen LogP contribution is 2.21. The molecular weight excluding hydrogens is 271 g/mol. The van der Waals surface area contributed by atoms with E-state index >= 15 is 0 Å². The third-order valence-electron chi connectivity index (χ3n) is 1.45. The number of aromatic carboxylic acids is 1. The summed E-state index contributed by atoms with van der Waals surface area (Å²) in [5.74, 6) is -0.584. The smallest absolute Gasteiger partial charge is 0.339 e. The molecule has 12 heavy (non-hydrogen) atoms. The van der Waals surface area contributed by atoms with Crippen molar-refractivity contribution in [3.05, 3.63) is 29.3 Å². The van der Waals surface area contributed by atoms with Crippen molar-refractivity contribution in [1.29, 1.82) is 0 Å². The minimum atomic E-state index is -0.967. The van der Waals surface area contributed by atoms with Crippen LogP contribution in [0.3, 0.4) is 0 Å². The number of hydrogen-bond donors (Lipinski definition) is 1. The SMILES string of the molecule is Cc1ccc(OI)c(C(=O)O)c1. The molecule has 0 spiro atoms. The van der Waals surface area contributed by atoms with E-state index in [1.54, 1.807) is 41.2 Å². The maximum Gasteiger partial charge on any atom is 0.339 e. The van der Waals surface area contributed by atoms with Gasteiger partial charge in [-0.2, -0.15) is 0 Å². The van der Waals surface area contributed by atoms with Gasteiger partial charge in [0.05, 0.1) is 0 Å². The molecule has 0 radical (unpaired) electrons. The van der Waals surface area contributed by atoms with Crippen LogP contribution in [0.25, 0.3) is 0 Å². The molecule has 0 amide bonds. The zero-order chi connectivity index (χ0) is 9.14. The van der Waals surface area contributed by atoms with Gasteiger partial charge in [-0.25, -0.2) is 4.79 Å². The standard InChI is InChI=1S/C8H7IO3/c1-5-2-3-7(12-9)6(4-5)8(10)11/h2-4H,1H3,(H,10,11). The Kier molecular flexibility index (Phi) is 2.91. The van der Waals surface area contributed by atoms with Gasteiger partial charge in [0.25, 0.3) is 0 Å². The summed E-state index contributed by atoms with van der Waals surface area (Å²) in [5, 5.41) is 8.74. The van der Waals surface area contributed by atoms with Gasteiger partial charge in [-0.1, -0.05) is 6.07 Å². The molecule has 0 aliphatic heterocycles. The van der Waals surface area contributed by atoms with Gasteiger partial charge in [0.15, 0.2) is 23.0 Å². The van der Waals surface area contributed by atoms with Gasteiger partial charge >= 0.3 is 5.97 Å². The summed E-state index contributed by atoms with van der Waals surface area (Å²) in [7, 11) is 0. The summed E-state index contributed by atoms with van der Waals surface area (Å²) in [5.41, 5.74) is 1.11. The first-order valence-corrected chi connectivity index (χ1v) is 4.15. The summed E-state index contributed by atoms with van der Waals surface area (Å²) in [6.45, 7) is 1.84. The number of carboxylic acid groups (broad SMARTS) is 1. The maximum absolute atomic E-state index is 10.6. The lowest BCUT2D eigenvalue weighted by Crippen LogP contribution is -1.98. The monoisotopic (exact) mass is 278 g/mol. The number of carboxylic acids is 1. The Labute approximate surface area is 84.0 Å². The van der Waals surface area contributed by atoms with Crippen molar-refractivity contribution in [2.24, 2.45) is 0 Å². The second-order valence-corrected chi connectivity index (χ2v) is 2.82. The molecule has 1 rings (SSSR count). The van der Waals surface area contributed by atoms with Gasteiger partial charge < -0.3 is 8.17 Å². The summed E-state index contributed by atoms with van der Waals surface area (Å²) >= 11 is 1.66. The van der Waals surface area contributed by atoms with E-state index in [0.717, 1.165) is 5.56 Å². The Balaban J connectivity index is 3.21. The topological polar surface area (TPSA) is 46.5 Å². The van der Waals surface area contributed by atoms with Crippen molar-refractivity contribution >= 4 is 29.0 Å². The number of halogens is 1. The molecule has 1 aromatic rings. The molecule has 4 heteroatoms. The zero-order valence-corrected chi connectivity index (χ0v) is 8.53. The first kappa shape index (κ1) is 9.31. The van der Waals surface area contributed by atoms with Crippen LogP contribution < -0.4 is 3.07 Å². The second kappa shape index (κ2) is 3.75. The minimum Gasteiger partial charge on any atom is -0.478 e. The van der Waals surface area contributed by atoms with Crippen LogP contribution in [0.5, 0.6) is 5.75 Å². The Bertz CT molecular complexity index is 309. The lowest BCUT2D eigenvalue weighted by Gasteiger charge is -2.02. The van der Waals surface area contributed by atoms with Gasteiger partial charge in [-0.05, 0) is 24.6 Å². The second-order valence-electron chi connectivity index (χ2n) is 2.38. The van der Waals surface area contributed by atoms with Gasteiger partial charge in [-0.3, -0.25) is 0 Å². The van der Waals surface area contributed by atoms with Crippen LogP contribution in [0, 0.1) is 6.92 Å². The number of aryl methyl sites for hydroxylation is 1. The molecule has 1 N–H and O–H groups in total. The van der Waals surface area contributed by atoms with E-state index in [2.05, 4.69) is 0 Å². The Morgan fingerprint density at radius 2 is 2.25 bits per heavy atom. The summed E-state index contributed by atoms with van der Waals surface area (Å²) in [6.07, 6.45) is 0. The fraction of sp³-hybridized carbons (Fsp3) is 0.125. The van der Waals surface area contributed by atoms with E-state index in [-0.39, 0.29) is 5.56 Å². The molecule has 0 fully saturated rings. The first-order valence-electron chi connectivity index (χ1n) is 3.27. The molecule has 0 aromatic heterocycles. The molecule has 0 aliphatic carbocycles. The quantitative estimate of drug-likeness (QED) is 0.845. The van der Waals surface area contributed by atoms with Gasteiger partial charge in [0.1, 0.15) is 11.3 Å². The lowest BCUT2D eigenvalue weighted by atomic mass is 10.1. The number of hydrogen-bond acceptors (Lipinski definition) is 2. The van der Waals surface area contributed by atoms with Crippen molar-refractivity contribution in [2.45, 2.75) is 6.92 Å². The predicted molar refractivity (Wildman–Crippen MR) is 52.8 cm³/mol. The van der Waals surface area contributed by atoms with Crippen LogP contribution in [0.1, 0.15) is 15.9 Å². The lowest BCUT2D eigenvalue weighted by molar-refractivity contribution is 0.0695. The van der Waals surface area contributed by atoms with E-state index in [4.69, 9.17) is 8.17 Å². The Hall–Kier alpha value is -0.780. The molecule has 0 heterocycles. The molecule has 3 nitrogen and oxygen atoms in total.